The van der Waals surface area contributed by atoms with Gasteiger partial charge in [0.15, 0.2) is 0 Å². The number of ether oxygens (including phenoxy) is 2. The molecule has 0 radical (unpaired) electrons. The maximum atomic E-state index is 11.7. The molecule has 2 aromatic carbocycles. The summed E-state index contributed by atoms with van der Waals surface area (Å²) in [6.45, 7) is 11.4. The summed E-state index contributed by atoms with van der Waals surface area (Å²) in [6.07, 6.45) is 1.96. The molecule has 0 unspecified atom stereocenters. The fraction of sp³-hybridized carbons (Fsp3) is 0.462. The van der Waals surface area contributed by atoms with Gasteiger partial charge in [0.25, 0.3) is 0 Å². The second-order valence-electron chi connectivity index (χ2n) is 8.51. The van der Waals surface area contributed by atoms with Crippen LogP contribution in [-0.4, -0.2) is 61.6 Å². The van der Waals surface area contributed by atoms with E-state index in [1.807, 2.05) is 31.2 Å². The van der Waals surface area contributed by atoms with Crippen LogP contribution < -0.4 is 4.74 Å². The molecule has 168 valence electrons. The molecular formula is C26H31N3O3. The van der Waals surface area contributed by atoms with E-state index in [4.69, 9.17) is 9.47 Å². The largest absolute Gasteiger partial charge is 0.492 e. The molecular weight excluding hydrogens is 402 g/mol. The first-order chi connectivity index (χ1) is 15.6. The number of rotatable bonds is 8. The Hall–Kier alpha value is -2.88. The summed E-state index contributed by atoms with van der Waals surface area (Å²) >= 11 is 0. The first-order valence-electron chi connectivity index (χ1n) is 11.5. The van der Waals surface area contributed by atoms with E-state index < -0.39 is 0 Å². The summed E-state index contributed by atoms with van der Waals surface area (Å²) in [6, 6.07) is 12.1. The van der Waals surface area contributed by atoms with Crippen LogP contribution in [0.15, 0.2) is 30.3 Å². The molecule has 1 saturated heterocycles. The second-order valence-corrected chi connectivity index (χ2v) is 8.51. The van der Waals surface area contributed by atoms with E-state index in [2.05, 4.69) is 28.9 Å². The van der Waals surface area contributed by atoms with Gasteiger partial charge in [0.2, 0.25) is 0 Å². The van der Waals surface area contributed by atoms with Crippen molar-refractivity contribution >= 4 is 5.97 Å². The molecule has 0 aromatic heterocycles. The Labute approximate surface area is 190 Å². The topological polar surface area (TPSA) is 65.8 Å². The second kappa shape index (κ2) is 10.2. The number of cyclic esters (lactones) is 1. The summed E-state index contributed by atoms with van der Waals surface area (Å²) in [7, 11) is 0. The fourth-order valence-corrected chi connectivity index (χ4v) is 4.56. The van der Waals surface area contributed by atoms with E-state index in [1.165, 1.54) is 16.7 Å². The smallest absolute Gasteiger partial charge is 0.338 e. The van der Waals surface area contributed by atoms with Crippen LogP contribution in [-0.2, 0) is 24.2 Å². The molecule has 6 heteroatoms. The number of carbonyl (C=O) groups excluding carboxylic acids is 1. The van der Waals surface area contributed by atoms with Gasteiger partial charge in [-0.25, -0.2) is 4.79 Å². The highest BCUT2D eigenvalue weighted by molar-refractivity contribution is 5.93. The highest BCUT2D eigenvalue weighted by atomic mass is 16.5. The van der Waals surface area contributed by atoms with Crippen molar-refractivity contribution in [3.8, 4) is 11.8 Å². The van der Waals surface area contributed by atoms with Gasteiger partial charge in [0, 0.05) is 44.8 Å². The van der Waals surface area contributed by atoms with Crippen LogP contribution in [0.5, 0.6) is 5.75 Å². The maximum absolute atomic E-state index is 11.7. The molecule has 2 heterocycles. The van der Waals surface area contributed by atoms with E-state index in [9.17, 15) is 10.1 Å². The normalized spacial score (nSPS) is 16.5. The van der Waals surface area contributed by atoms with Crippen LogP contribution >= 0.6 is 0 Å². The molecule has 2 aliphatic rings. The predicted octanol–water partition coefficient (Wildman–Crippen LogP) is 3.34. The van der Waals surface area contributed by atoms with Crippen LogP contribution in [0.2, 0.25) is 0 Å². The summed E-state index contributed by atoms with van der Waals surface area (Å²) in [5.74, 6) is 0.496. The zero-order chi connectivity index (χ0) is 22.5. The molecule has 0 saturated carbocycles. The molecule has 6 nitrogen and oxygen atoms in total. The lowest BCUT2D eigenvalue weighted by Gasteiger charge is -2.34. The van der Waals surface area contributed by atoms with Crippen LogP contribution in [0.4, 0.5) is 0 Å². The first-order valence-corrected chi connectivity index (χ1v) is 11.5. The molecule has 32 heavy (non-hydrogen) atoms. The zero-order valence-electron chi connectivity index (χ0n) is 19.0. The summed E-state index contributed by atoms with van der Waals surface area (Å²) in [5.41, 5.74) is 6.13. The van der Waals surface area contributed by atoms with Gasteiger partial charge in [0.05, 0.1) is 17.7 Å². The number of hydrogen-bond acceptors (Lipinski definition) is 6. The van der Waals surface area contributed by atoms with Crippen LogP contribution in [0, 0.1) is 18.3 Å². The standard InChI is InChI=1S/C26H31N3O3/c1-3-31-25-16-20(4-5-22(25)17-27)8-10-28-12-14-29(15-13-28)11-9-21-6-7-23-24(19(21)2)18-32-26(23)30/h4-7,16H,3,8-15,18H2,1-2H3. The molecule has 4 rings (SSSR count). The third kappa shape index (κ3) is 4.95. The van der Waals surface area contributed by atoms with Crippen molar-refractivity contribution in [1.82, 2.24) is 9.80 Å². The Bertz CT molecular complexity index is 1020. The van der Waals surface area contributed by atoms with Crippen molar-refractivity contribution < 1.29 is 14.3 Å². The van der Waals surface area contributed by atoms with E-state index in [0.717, 1.165) is 63.2 Å². The molecule has 1 fully saturated rings. The van der Waals surface area contributed by atoms with Crippen LogP contribution in [0.25, 0.3) is 0 Å². The average Bonchev–Trinajstić information content (AvgIpc) is 3.20. The molecule has 0 bridgehead atoms. The van der Waals surface area contributed by atoms with Gasteiger partial charge in [-0.3, -0.25) is 0 Å². The fourth-order valence-electron chi connectivity index (χ4n) is 4.56. The van der Waals surface area contributed by atoms with Crippen molar-refractivity contribution in [3.63, 3.8) is 0 Å². The third-order valence-electron chi connectivity index (χ3n) is 6.62. The van der Waals surface area contributed by atoms with Crippen LogP contribution in [0.3, 0.4) is 0 Å². The van der Waals surface area contributed by atoms with E-state index >= 15 is 0 Å². The van der Waals surface area contributed by atoms with E-state index in [1.54, 1.807) is 0 Å². The Kier molecular flexibility index (Phi) is 7.09. The van der Waals surface area contributed by atoms with Gasteiger partial charge in [-0.15, -0.1) is 0 Å². The first kappa shape index (κ1) is 22.3. The van der Waals surface area contributed by atoms with Gasteiger partial charge in [-0.2, -0.15) is 5.26 Å². The number of nitrogens with zero attached hydrogens (tertiary/aromatic N) is 3. The zero-order valence-corrected chi connectivity index (χ0v) is 19.0. The SMILES string of the molecule is CCOc1cc(CCN2CCN(CCc3ccc4c(c3C)COC4=O)CC2)ccc1C#N. The summed E-state index contributed by atoms with van der Waals surface area (Å²) in [4.78, 5) is 16.8. The number of nitriles is 1. The number of piperazine rings is 1. The minimum absolute atomic E-state index is 0.194. The van der Waals surface area contributed by atoms with Crippen molar-refractivity contribution in [3.05, 3.63) is 63.7 Å². The maximum Gasteiger partial charge on any atom is 0.338 e. The van der Waals surface area contributed by atoms with Gasteiger partial charge in [-0.1, -0.05) is 12.1 Å². The van der Waals surface area contributed by atoms with Gasteiger partial charge >= 0.3 is 5.97 Å². The summed E-state index contributed by atoms with van der Waals surface area (Å²) < 4.78 is 10.8. The van der Waals surface area contributed by atoms with Crippen molar-refractivity contribution in [2.45, 2.75) is 33.3 Å². The van der Waals surface area contributed by atoms with Gasteiger partial charge in [-0.05, 0) is 61.6 Å². The number of esters is 1. The Morgan fingerprint density at radius 3 is 2.47 bits per heavy atom. The average molecular weight is 434 g/mol. The molecule has 0 N–H and O–H groups in total. The molecule has 0 aliphatic carbocycles. The number of benzene rings is 2. The minimum atomic E-state index is -0.194. The predicted molar refractivity (Wildman–Crippen MR) is 123 cm³/mol. The Morgan fingerprint density at radius 2 is 1.78 bits per heavy atom. The molecule has 2 aliphatic heterocycles. The lowest BCUT2D eigenvalue weighted by molar-refractivity contribution is 0.0535. The number of fused-ring (bicyclic) bond motifs is 1. The van der Waals surface area contributed by atoms with Crippen LogP contribution in [0.1, 0.15) is 45.1 Å². The van der Waals surface area contributed by atoms with Gasteiger partial charge in [0.1, 0.15) is 18.4 Å². The summed E-state index contributed by atoms with van der Waals surface area (Å²) in [5, 5.41) is 9.22. The monoisotopic (exact) mass is 433 g/mol. The number of hydrogen-bond donors (Lipinski definition) is 0. The Balaban J connectivity index is 1.24. The molecule has 2 aromatic rings. The molecule has 0 atom stereocenters. The lowest BCUT2D eigenvalue weighted by atomic mass is 9.96. The minimum Gasteiger partial charge on any atom is -0.492 e. The van der Waals surface area contributed by atoms with E-state index in [-0.39, 0.29) is 5.97 Å². The highest BCUT2D eigenvalue weighted by Gasteiger charge is 2.24. The van der Waals surface area contributed by atoms with E-state index in [0.29, 0.717) is 24.5 Å². The Morgan fingerprint density at radius 1 is 1.06 bits per heavy atom. The third-order valence-corrected chi connectivity index (χ3v) is 6.62. The highest BCUT2D eigenvalue weighted by Crippen LogP contribution is 2.26. The molecule has 0 spiro atoms. The lowest BCUT2D eigenvalue weighted by Crippen LogP contribution is -2.47. The number of carbonyl (C=O) groups is 1. The molecule has 0 amide bonds. The quantitative estimate of drug-likeness (QED) is 0.595. The van der Waals surface area contributed by atoms with Crippen molar-refractivity contribution in [1.29, 1.82) is 5.26 Å². The van der Waals surface area contributed by atoms with Crippen molar-refractivity contribution in [2.24, 2.45) is 0 Å². The van der Waals surface area contributed by atoms with Gasteiger partial charge < -0.3 is 19.3 Å². The van der Waals surface area contributed by atoms with Crippen molar-refractivity contribution in [2.75, 3.05) is 45.9 Å².